The molecule has 0 heterocycles. The molecule has 0 bridgehead atoms. The van der Waals surface area contributed by atoms with Crippen LogP contribution >= 0.6 is 0 Å². The monoisotopic (exact) mass is 430 g/mol. The van der Waals surface area contributed by atoms with Crippen molar-refractivity contribution in [3.05, 3.63) is 0 Å². The Morgan fingerprint density at radius 3 is 1.37 bits per heavy atom. The van der Waals surface area contributed by atoms with E-state index in [1.807, 2.05) is 0 Å². The molecular weight excluding hydrogens is 376 g/mol. The van der Waals surface area contributed by atoms with Gasteiger partial charge in [0, 0.05) is 19.8 Å². The molecule has 0 aliphatic carbocycles. The van der Waals surface area contributed by atoms with Gasteiger partial charge in [-0.2, -0.15) is 0 Å². The van der Waals surface area contributed by atoms with Gasteiger partial charge in [-0.15, -0.1) is 0 Å². The van der Waals surface area contributed by atoms with Crippen molar-refractivity contribution in [3.63, 3.8) is 0 Å². The van der Waals surface area contributed by atoms with E-state index in [0.717, 1.165) is 26.2 Å². The highest BCUT2D eigenvalue weighted by Crippen LogP contribution is 2.09. The molecule has 0 N–H and O–H groups in total. The van der Waals surface area contributed by atoms with Crippen molar-refractivity contribution >= 4 is 0 Å². The molecule has 182 valence electrons. The Labute approximate surface area is 188 Å². The molecule has 0 fully saturated rings. The van der Waals surface area contributed by atoms with Crippen molar-refractivity contribution in [2.75, 3.05) is 46.2 Å². The third-order valence-corrected chi connectivity index (χ3v) is 5.46. The lowest BCUT2D eigenvalue weighted by Crippen LogP contribution is -2.14. The molecule has 4 heteroatoms. The summed E-state index contributed by atoms with van der Waals surface area (Å²) in [5.41, 5.74) is 0. The van der Waals surface area contributed by atoms with Crippen molar-refractivity contribution in [2.45, 2.75) is 123 Å². The minimum Gasteiger partial charge on any atom is -0.379 e. The Balaban J connectivity index is 3.12. The van der Waals surface area contributed by atoms with Gasteiger partial charge in [-0.25, -0.2) is 0 Å². The first-order valence-electron chi connectivity index (χ1n) is 13.2. The summed E-state index contributed by atoms with van der Waals surface area (Å²) in [7, 11) is 0. The Hall–Kier alpha value is -0.160. The Morgan fingerprint density at radius 1 is 0.433 bits per heavy atom. The largest absolute Gasteiger partial charge is 0.379 e. The van der Waals surface area contributed by atoms with Gasteiger partial charge in [-0.3, -0.25) is 0 Å². The van der Waals surface area contributed by atoms with Crippen molar-refractivity contribution in [3.8, 4) is 0 Å². The molecule has 0 rings (SSSR count). The molecule has 0 aromatic heterocycles. The summed E-state index contributed by atoms with van der Waals surface area (Å²) in [6.07, 6.45) is 19.8. The highest BCUT2D eigenvalue weighted by molar-refractivity contribution is 4.51. The predicted molar refractivity (Wildman–Crippen MR) is 128 cm³/mol. The van der Waals surface area contributed by atoms with Crippen LogP contribution in [0.25, 0.3) is 0 Å². The van der Waals surface area contributed by atoms with E-state index in [1.54, 1.807) is 0 Å². The van der Waals surface area contributed by atoms with E-state index in [4.69, 9.17) is 18.9 Å². The molecule has 0 saturated heterocycles. The number of hydrogen-bond donors (Lipinski definition) is 0. The third kappa shape index (κ3) is 25.9. The molecular formula is C26H54O4. The molecule has 30 heavy (non-hydrogen) atoms. The average molecular weight is 431 g/mol. The molecule has 0 aliphatic heterocycles. The van der Waals surface area contributed by atoms with Gasteiger partial charge in [0.15, 0.2) is 0 Å². The lowest BCUT2D eigenvalue weighted by atomic mass is 10.1. The zero-order valence-corrected chi connectivity index (χ0v) is 20.8. The van der Waals surface area contributed by atoms with Crippen molar-refractivity contribution in [2.24, 2.45) is 0 Å². The molecule has 0 aromatic rings. The van der Waals surface area contributed by atoms with E-state index in [-0.39, 0.29) is 6.10 Å². The van der Waals surface area contributed by atoms with Gasteiger partial charge in [0.25, 0.3) is 0 Å². The van der Waals surface area contributed by atoms with Crippen LogP contribution in [0.15, 0.2) is 0 Å². The highest BCUT2D eigenvalue weighted by atomic mass is 16.5. The molecule has 0 aromatic carbocycles. The summed E-state index contributed by atoms with van der Waals surface area (Å²) in [6, 6.07) is 0. The van der Waals surface area contributed by atoms with E-state index in [9.17, 15) is 0 Å². The minimum absolute atomic E-state index is 0.283. The number of rotatable bonds is 26. The smallest absolute Gasteiger partial charge is 0.0701 e. The van der Waals surface area contributed by atoms with Crippen LogP contribution in [-0.4, -0.2) is 52.4 Å². The van der Waals surface area contributed by atoms with E-state index < -0.39 is 0 Å². The normalized spacial score (nSPS) is 12.5. The summed E-state index contributed by atoms with van der Waals surface area (Å²) in [5, 5.41) is 0. The minimum atomic E-state index is 0.283. The summed E-state index contributed by atoms with van der Waals surface area (Å²) in [6.45, 7) is 11.8. The molecule has 1 atom stereocenters. The maximum Gasteiger partial charge on any atom is 0.0701 e. The number of unbranched alkanes of at least 4 members (excludes halogenated alkanes) is 12. The van der Waals surface area contributed by atoms with Gasteiger partial charge < -0.3 is 18.9 Å². The van der Waals surface area contributed by atoms with Crippen LogP contribution in [-0.2, 0) is 18.9 Å². The van der Waals surface area contributed by atoms with Crippen LogP contribution in [0.5, 0.6) is 0 Å². The van der Waals surface area contributed by atoms with Crippen LogP contribution in [0.1, 0.15) is 117 Å². The Morgan fingerprint density at radius 2 is 0.833 bits per heavy atom. The lowest BCUT2D eigenvalue weighted by molar-refractivity contribution is -0.00146. The maximum absolute atomic E-state index is 5.88. The Kier molecular flexibility index (Phi) is 26.7. The van der Waals surface area contributed by atoms with Gasteiger partial charge in [-0.05, 0) is 26.2 Å². The van der Waals surface area contributed by atoms with Gasteiger partial charge in [0.1, 0.15) is 0 Å². The quantitative estimate of drug-likeness (QED) is 0.135. The van der Waals surface area contributed by atoms with Gasteiger partial charge in [0.05, 0.1) is 32.5 Å². The van der Waals surface area contributed by atoms with E-state index in [2.05, 4.69) is 20.8 Å². The molecule has 0 radical (unpaired) electrons. The second kappa shape index (κ2) is 26.9. The fourth-order valence-electron chi connectivity index (χ4n) is 3.38. The Bertz CT molecular complexity index is 299. The van der Waals surface area contributed by atoms with Crippen molar-refractivity contribution in [1.82, 2.24) is 0 Å². The first kappa shape index (κ1) is 29.8. The van der Waals surface area contributed by atoms with Gasteiger partial charge in [0.2, 0.25) is 0 Å². The lowest BCUT2D eigenvalue weighted by Gasteiger charge is -2.13. The highest BCUT2D eigenvalue weighted by Gasteiger charge is 2.02. The molecule has 0 amide bonds. The summed E-state index contributed by atoms with van der Waals surface area (Å²) in [4.78, 5) is 0. The SMILES string of the molecule is CCCCCCCCCCOC(C)CCOCCOCCOCCCCCCCC. The van der Waals surface area contributed by atoms with E-state index in [1.165, 1.54) is 89.9 Å². The first-order valence-corrected chi connectivity index (χ1v) is 13.2. The van der Waals surface area contributed by atoms with Crippen molar-refractivity contribution in [1.29, 1.82) is 0 Å². The molecule has 1 unspecified atom stereocenters. The first-order chi connectivity index (χ1) is 14.8. The molecule has 4 nitrogen and oxygen atoms in total. The zero-order valence-electron chi connectivity index (χ0n) is 20.8. The van der Waals surface area contributed by atoms with Crippen LogP contribution < -0.4 is 0 Å². The van der Waals surface area contributed by atoms with Crippen molar-refractivity contribution < 1.29 is 18.9 Å². The standard InChI is InChI=1S/C26H54O4/c1-4-6-8-10-12-13-15-17-20-30-26(3)18-21-28-23-25-29-24-22-27-19-16-14-11-9-7-5-2/h26H,4-25H2,1-3H3. The van der Waals surface area contributed by atoms with E-state index >= 15 is 0 Å². The van der Waals surface area contributed by atoms with E-state index in [0.29, 0.717) is 26.4 Å². The summed E-state index contributed by atoms with van der Waals surface area (Å²) >= 11 is 0. The average Bonchev–Trinajstić information content (AvgIpc) is 2.75. The van der Waals surface area contributed by atoms with Crippen LogP contribution in [0, 0.1) is 0 Å². The number of ether oxygens (including phenoxy) is 4. The molecule has 0 spiro atoms. The fourth-order valence-corrected chi connectivity index (χ4v) is 3.38. The molecule has 0 saturated carbocycles. The second-order valence-electron chi connectivity index (χ2n) is 8.55. The van der Waals surface area contributed by atoms with Gasteiger partial charge in [-0.1, -0.05) is 90.9 Å². The number of hydrogen-bond acceptors (Lipinski definition) is 4. The fraction of sp³-hybridized carbons (Fsp3) is 1.00. The van der Waals surface area contributed by atoms with Crippen LogP contribution in [0.4, 0.5) is 0 Å². The summed E-state index contributed by atoms with van der Waals surface area (Å²) < 4.78 is 22.7. The zero-order chi connectivity index (χ0) is 22.0. The topological polar surface area (TPSA) is 36.9 Å². The van der Waals surface area contributed by atoms with Crippen LogP contribution in [0.3, 0.4) is 0 Å². The maximum atomic E-state index is 5.88. The predicted octanol–water partition coefficient (Wildman–Crippen LogP) is 7.33. The third-order valence-electron chi connectivity index (χ3n) is 5.46. The van der Waals surface area contributed by atoms with Gasteiger partial charge >= 0.3 is 0 Å². The molecule has 0 aliphatic rings. The second-order valence-corrected chi connectivity index (χ2v) is 8.55. The van der Waals surface area contributed by atoms with Crippen LogP contribution in [0.2, 0.25) is 0 Å². The summed E-state index contributed by atoms with van der Waals surface area (Å²) in [5.74, 6) is 0.